The molecule has 2 fully saturated rings. The standard InChI is InChI=1S/C16H24N2O5S/c1-11-8-14(12(2)23-11)15(19)18-9-16(10-18)13(5-7-22-16)4-6-17-24(3,20)21/h8,13,17H,4-7,9-10H2,1-3H3. The SMILES string of the molecule is Cc1cc(C(=O)N2CC3(C2)OCCC3CCNS(C)(=O)=O)c(C)o1. The lowest BCUT2D eigenvalue weighted by Gasteiger charge is -2.50. The Balaban J connectivity index is 1.59. The van der Waals surface area contributed by atoms with E-state index in [4.69, 9.17) is 9.15 Å². The van der Waals surface area contributed by atoms with Crippen molar-refractivity contribution in [3.05, 3.63) is 23.2 Å². The Morgan fingerprint density at radius 1 is 1.42 bits per heavy atom. The lowest BCUT2D eigenvalue weighted by molar-refractivity contribution is -0.117. The molecule has 0 radical (unpaired) electrons. The molecule has 0 bridgehead atoms. The summed E-state index contributed by atoms with van der Waals surface area (Å²) < 4.78 is 36.2. The topological polar surface area (TPSA) is 88.9 Å². The van der Waals surface area contributed by atoms with Gasteiger partial charge in [-0.25, -0.2) is 13.1 Å². The molecule has 8 heteroatoms. The van der Waals surface area contributed by atoms with Gasteiger partial charge in [-0.2, -0.15) is 0 Å². The van der Waals surface area contributed by atoms with Gasteiger partial charge in [0.15, 0.2) is 0 Å². The molecular weight excluding hydrogens is 332 g/mol. The highest BCUT2D eigenvalue weighted by Gasteiger charge is 2.54. The van der Waals surface area contributed by atoms with E-state index >= 15 is 0 Å². The second-order valence-electron chi connectivity index (χ2n) is 6.84. The fourth-order valence-corrected chi connectivity index (χ4v) is 4.21. The maximum absolute atomic E-state index is 12.6. The summed E-state index contributed by atoms with van der Waals surface area (Å²) in [6.45, 7) is 5.80. The fraction of sp³-hybridized carbons (Fsp3) is 0.688. The van der Waals surface area contributed by atoms with Gasteiger partial charge in [0, 0.05) is 13.2 Å². The predicted octanol–water partition coefficient (Wildman–Crippen LogP) is 1.07. The Bertz CT molecular complexity index is 734. The van der Waals surface area contributed by atoms with Gasteiger partial charge in [-0.15, -0.1) is 0 Å². The zero-order valence-electron chi connectivity index (χ0n) is 14.3. The molecule has 1 atom stereocenters. The summed E-state index contributed by atoms with van der Waals surface area (Å²) >= 11 is 0. The first-order valence-corrected chi connectivity index (χ1v) is 10.0. The van der Waals surface area contributed by atoms with Crippen LogP contribution in [0.2, 0.25) is 0 Å². The molecule has 7 nitrogen and oxygen atoms in total. The van der Waals surface area contributed by atoms with Crippen molar-refractivity contribution < 1.29 is 22.4 Å². The van der Waals surface area contributed by atoms with E-state index in [1.807, 2.05) is 6.92 Å². The zero-order valence-corrected chi connectivity index (χ0v) is 15.1. The normalized spacial score (nSPS) is 22.8. The van der Waals surface area contributed by atoms with Gasteiger partial charge in [-0.1, -0.05) is 0 Å². The van der Waals surface area contributed by atoms with Gasteiger partial charge in [0.2, 0.25) is 10.0 Å². The van der Waals surface area contributed by atoms with Crippen molar-refractivity contribution in [2.45, 2.75) is 32.3 Å². The predicted molar refractivity (Wildman–Crippen MR) is 88.3 cm³/mol. The Morgan fingerprint density at radius 3 is 2.71 bits per heavy atom. The first-order chi connectivity index (χ1) is 11.2. The largest absolute Gasteiger partial charge is 0.466 e. The van der Waals surface area contributed by atoms with Crippen LogP contribution in [0.5, 0.6) is 0 Å². The lowest BCUT2D eigenvalue weighted by atomic mass is 9.78. The van der Waals surface area contributed by atoms with Crippen LogP contribution >= 0.6 is 0 Å². The summed E-state index contributed by atoms with van der Waals surface area (Å²) in [7, 11) is -3.17. The van der Waals surface area contributed by atoms with Crippen LogP contribution in [0, 0.1) is 19.8 Å². The number of furan rings is 1. The smallest absolute Gasteiger partial charge is 0.257 e. The Labute approximate surface area is 142 Å². The van der Waals surface area contributed by atoms with E-state index < -0.39 is 10.0 Å². The zero-order chi connectivity index (χ0) is 17.5. The Kier molecular flexibility index (Phi) is 4.48. The summed E-state index contributed by atoms with van der Waals surface area (Å²) in [5.74, 6) is 1.61. The number of carbonyl (C=O) groups excluding carboxylic acids is 1. The van der Waals surface area contributed by atoms with E-state index in [-0.39, 0.29) is 17.4 Å². The summed E-state index contributed by atoms with van der Waals surface area (Å²) in [6.07, 6.45) is 2.78. The number of nitrogens with one attached hydrogen (secondary N) is 1. The van der Waals surface area contributed by atoms with E-state index in [1.54, 1.807) is 17.9 Å². The molecule has 1 N–H and O–H groups in total. The number of nitrogens with zero attached hydrogens (tertiary/aromatic N) is 1. The monoisotopic (exact) mass is 356 g/mol. The maximum atomic E-state index is 12.6. The molecule has 134 valence electrons. The number of aryl methyl sites for hydroxylation is 2. The summed E-state index contributed by atoms with van der Waals surface area (Å²) in [4.78, 5) is 14.3. The van der Waals surface area contributed by atoms with Crippen LogP contribution in [0.15, 0.2) is 10.5 Å². The third-order valence-corrected chi connectivity index (χ3v) is 5.66. The van der Waals surface area contributed by atoms with E-state index in [0.717, 1.165) is 24.9 Å². The average molecular weight is 356 g/mol. The number of ether oxygens (including phenoxy) is 1. The van der Waals surface area contributed by atoms with Crippen molar-refractivity contribution in [2.24, 2.45) is 5.92 Å². The van der Waals surface area contributed by atoms with Crippen LogP contribution in [-0.4, -0.2) is 57.3 Å². The van der Waals surface area contributed by atoms with Gasteiger partial charge in [0.1, 0.15) is 17.1 Å². The van der Waals surface area contributed by atoms with Gasteiger partial charge >= 0.3 is 0 Å². The molecule has 1 spiro atoms. The Hall–Kier alpha value is -1.38. The molecule has 1 aromatic heterocycles. The number of sulfonamides is 1. The van der Waals surface area contributed by atoms with Crippen molar-refractivity contribution >= 4 is 15.9 Å². The first kappa shape index (κ1) is 17.4. The number of hydrogen-bond donors (Lipinski definition) is 1. The first-order valence-electron chi connectivity index (χ1n) is 8.15. The summed E-state index contributed by atoms with van der Waals surface area (Å²) in [5.41, 5.74) is 0.289. The molecule has 0 aromatic carbocycles. The highest BCUT2D eigenvalue weighted by atomic mass is 32.2. The Morgan fingerprint density at radius 2 is 2.12 bits per heavy atom. The quantitative estimate of drug-likeness (QED) is 0.852. The molecule has 2 saturated heterocycles. The van der Waals surface area contributed by atoms with Crippen LogP contribution in [0.4, 0.5) is 0 Å². The molecule has 1 aromatic rings. The van der Waals surface area contributed by atoms with Crippen LogP contribution in [0.1, 0.15) is 34.7 Å². The van der Waals surface area contributed by atoms with Gasteiger partial charge < -0.3 is 14.1 Å². The minimum absolute atomic E-state index is 0.0292. The maximum Gasteiger partial charge on any atom is 0.257 e. The van der Waals surface area contributed by atoms with Gasteiger partial charge in [0.05, 0.1) is 24.9 Å². The van der Waals surface area contributed by atoms with Crippen LogP contribution < -0.4 is 4.72 Å². The molecule has 0 saturated carbocycles. The highest BCUT2D eigenvalue weighted by Crippen LogP contribution is 2.42. The van der Waals surface area contributed by atoms with Crippen molar-refractivity contribution in [2.75, 3.05) is 32.5 Å². The van der Waals surface area contributed by atoms with Crippen molar-refractivity contribution in [3.8, 4) is 0 Å². The van der Waals surface area contributed by atoms with Crippen LogP contribution in [0.3, 0.4) is 0 Å². The molecule has 3 rings (SSSR count). The number of hydrogen-bond acceptors (Lipinski definition) is 5. The molecule has 24 heavy (non-hydrogen) atoms. The molecule has 2 aliphatic rings. The highest BCUT2D eigenvalue weighted by molar-refractivity contribution is 7.88. The molecule has 0 aliphatic carbocycles. The van der Waals surface area contributed by atoms with Gasteiger partial charge in [0.25, 0.3) is 5.91 Å². The third kappa shape index (κ3) is 3.36. The molecule has 1 amide bonds. The van der Waals surface area contributed by atoms with Crippen LogP contribution in [0.25, 0.3) is 0 Å². The van der Waals surface area contributed by atoms with Crippen molar-refractivity contribution in [3.63, 3.8) is 0 Å². The minimum Gasteiger partial charge on any atom is -0.466 e. The summed E-state index contributed by atoms with van der Waals surface area (Å²) in [6, 6.07) is 1.77. The fourth-order valence-electron chi connectivity index (χ4n) is 3.72. The lowest BCUT2D eigenvalue weighted by Crippen LogP contribution is -2.66. The second-order valence-corrected chi connectivity index (χ2v) is 8.68. The average Bonchev–Trinajstić information content (AvgIpc) is 2.98. The third-order valence-electron chi connectivity index (χ3n) is 4.93. The van der Waals surface area contributed by atoms with Crippen molar-refractivity contribution in [1.29, 1.82) is 0 Å². The number of likely N-dealkylation sites (tertiary alicyclic amines) is 1. The van der Waals surface area contributed by atoms with Gasteiger partial charge in [-0.05, 0) is 38.7 Å². The molecule has 1 unspecified atom stereocenters. The summed E-state index contributed by atoms with van der Waals surface area (Å²) in [5, 5.41) is 0. The second kappa shape index (κ2) is 6.16. The molecule has 2 aliphatic heterocycles. The molecular formula is C16H24N2O5S. The van der Waals surface area contributed by atoms with Crippen LogP contribution in [-0.2, 0) is 14.8 Å². The van der Waals surface area contributed by atoms with E-state index in [2.05, 4.69) is 4.72 Å². The van der Waals surface area contributed by atoms with Crippen molar-refractivity contribution in [1.82, 2.24) is 9.62 Å². The van der Waals surface area contributed by atoms with Gasteiger partial charge in [-0.3, -0.25) is 4.79 Å². The molecule has 3 heterocycles. The minimum atomic E-state index is -3.17. The van der Waals surface area contributed by atoms with E-state index in [0.29, 0.717) is 37.6 Å². The van der Waals surface area contributed by atoms with E-state index in [1.165, 1.54) is 0 Å². The number of amides is 1. The number of carbonyl (C=O) groups is 1. The van der Waals surface area contributed by atoms with E-state index in [9.17, 15) is 13.2 Å². The number of rotatable bonds is 5.